The van der Waals surface area contributed by atoms with Crippen LogP contribution >= 0.6 is 23.2 Å². The minimum atomic E-state index is 0.499. The zero-order valence-corrected chi connectivity index (χ0v) is 13.4. The predicted molar refractivity (Wildman–Crippen MR) is 88.5 cm³/mol. The number of rotatable bonds is 1. The number of halogens is 2. The van der Waals surface area contributed by atoms with Gasteiger partial charge in [-0.3, -0.25) is 0 Å². The topological polar surface area (TPSA) is 3.24 Å². The fourth-order valence-corrected chi connectivity index (χ4v) is 4.44. The molecule has 0 bridgehead atoms. The fourth-order valence-electron chi connectivity index (χ4n) is 4.13. The van der Waals surface area contributed by atoms with Gasteiger partial charge >= 0.3 is 0 Å². The van der Waals surface area contributed by atoms with Crippen LogP contribution in [0.15, 0.2) is 42.5 Å². The van der Waals surface area contributed by atoms with Crippen molar-refractivity contribution in [2.45, 2.75) is 24.3 Å². The summed E-state index contributed by atoms with van der Waals surface area (Å²) in [5.74, 6) is 1.07. The zero-order chi connectivity index (χ0) is 14.6. The van der Waals surface area contributed by atoms with Gasteiger partial charge in [-0.15, -0.1) is 0 Å². The van der Waals surface area contributed by atoms with Crippen molar-refractivity contribution in [2.24, 2.45) is 0 Å². The zero-order valence-electron chi connectivity index (χ0n) is 11.9. The quantitative estimate of drug-likeness (QED) is 0.735. The average molecular weight is 318 g/mol. The van der Waals surface area contributed by atoms with Crippen molar-refractivity contribution in [3.05, 3.63) is 69.2 Å². The maximum Gasteiger partial charge on any atom is 0.0595 e. The molecule has 2 aromatic rings. The Hall–Kier alpha value is -1.02. The van der Waals surface area contributed by atoms with Crippen LogP contribution < -0.4 is 0 Å². The van der Waals surface area contributed by atoms with E-state index in [0.717, 1.165) is 13.0 Å². The highest BCUT2D eigenvalue weighted by Gasteiger charge is 2.46. The number of fused-ring (bicyclic) bond motifs is 3. The second-order valence-corrected chi connectivity index (χ2v) is 7.03. The molecule has 1 fully saturated rings. The number of benzene rings is 2. The molecule has 1 aliphatic carbocycles. The third-order valence-corrected chi connectivity index (χ3v) is 5.85. The van der Waals surface area contributed by atoms with Crippen LogP contribution in [0, 0.1) is 0 Å². The first-order chi connectivity index (χ1) is 10.1. The standard InChI is InChI=1S/C18H17Cl2N/c1-21-10-14(12-6-7-15(19)16(20)8-12)18-13-5-3-2-4-11(13)9-17(18)21/h2-8,14,17-18H,9-10H2,1H3. The van der Waals surface area contributed by atoms with Gasteiger partial charge < -0.3 is 4.90 Å². The number of hydrogen-bond acceptors (Lipinski definition) is 1. The van der Waals surface area contributed by atoms with Gasteiger partial charge in [0, 0.05) is 24.4 Å². The van der Waals surface area contributed by atoms with E-state index in [2.05, 4.69) is 42.3 Å². The first kappa shape index (κ1) is 13.6. The van der Waals surface area contributed by atoms with E-state index in [1.807, 2.05) is 12.1 Å². The number of nitrogens with zero attached hydrogens (tertiary/aromatic N) is 1. The maximum atomic E-state index is 6.23. The van der Waals surface area contributed by atoms with Gasteiger partial charge in [-0.25, -0.2) is 0 Å². The molecule has 3 heteroatoms. The van der Waals surface area contributed by atoms with Gasteiger partial charge in [0.25, 0.3) is 0 Å². The molecule has 21 heavy (non-hydrogen) atoms. The van der Waals surface area contributed by atoms with E-state index >= 15 is 0 Å². The van der Waals surface area contributed by atoms with Crippen LogP contribution in [0.5, 0.6) is 0 Å². The predicted octanol–water partition coefficient (Wildman–Crippen LogP) is 4.73. The van der Waals surface area contributed by atoms with E-state index in [-0.39, 0.29) is 0 Å². The first-order valence-electron chi connectivity index (χ1n) is 7.38. The lowest BCUT2D eigenvalue weighted by molar-refractivity contribution is 0.307. The molecule has 1 saturated heterocycles. The Morgan fingerprint density at radius 1 is 1.05 bits per heavy atom. The minimum Gasteiger partial charge on any atom is -0.302 e. The molecule has 3 unspecified atom stereocenters. The van der Waals surface area contributed by atoms with Gasteiger partial charge in [0.05, 0.1) is 10.0 Å². The van der Waals surface area contributed by atoms with Crippen molar-refractivity contribution < 1.29 is 0 Å². The second-order valence-electron chi connectivity index (χ2n) is 6.22. The molecule has 0 spiro atoms. The highest BCUT2D eigenvalue weighted by Crippen LogP contribution is 2.50. The van der Waals surface area contributed by atoms with Crippen molar-refractivity contribution in [1.82, 2.24) is 4.90 Å². The van der Waals surface area contributed by atoms with E-state index in [1.165, 1.54) is 16.7 Å². The summed E-state index contributed by atoms with van der Waals surface area (Å²) >= 11 is 12.3. The molecule has 0 saturated carbocycles. The number of likely N-dealkylation sites (tertiary alicyclic amines) is 1. The molecule has 3 atom stereocenters. The largest absolute Gasteiger partial charge is 0.302 e. The van der Waals surface area contributed by atoms with Crippen LogP contribution in [-0.4, -0.2) is 24.5 Å². The summed E-state index contributed by atoms with van der Waals surface area (Å²) in [6.45, 7) is 1.08. The molecular formula is C18H17Cl2N. The van der Waals surface area contributed by atoms with E-state index in [9.17, 15) is 0 Å². The Morgan fingerprint density at radius 3 is 2.67 bits per heavy atom. The lowest BCUT2D eigenvalue weighted by atomic mass is 9.84. The third kappa shape index (κ3) is 2.11. The number of likely N-dealkylation sites (N-methyl/N-ethyl adjacent to an activating group) is 1. The van der Waals surface area contributed by atoms with Gasteiger partial charge in [-0.2, -0.15) is 0 Å². The van der Waals surface area contributed by atoms with Crippen molar-refractivity contribution in [3.63, 3.8) is 0 Å². The lowest BCUT2D eigenvalue weighted by Crippen LogP contribution is -2.26. The normalized spacial score (nSPS) is 27.7. The maximum absolute atomic E-state index is 6.23. The van der Waals surface area contributed by atoms with Crippen molar-refractivity contribution >= 4 is 23.2 Å². The third-order valence-electron chi connectivity index (χ3n) is 5.11. The van der Waals surface area contributed by atoms with Gasteiger partial charge in [-0.1, -0.05) is 53.5 Å². The molecule has 0 radical (unpaired) electrons. The molecule has 108 valence electrons. The highest BCUT2D eigenvalue weighted by atomic mass is 35.5. The Balaban J connectivity index is 1.78. The Labute approximate surface area is 135 Å². The molecule has 1 aliphatic heterocycles. The summed E-state index contributed by atoms with van der Waals surface area (Å²) in [5, 5.41) is 1.29. The smallest absolute Gasteiger partial charge is 0.0595 e. The van der Waals surface area contributed by atoms with Crippen molar-refractivity contribution in [2.75, 3.05) is 13.6 Å². The van der Waals surface area contributed by atoms with Crippen molar-refractivity contribution in [3.8, 4) is 0 Å². The molecule has 2 aromatic carbocycles. The summed E-state index contributed by atoms with van der Waals surface area (Å²) in [7, 11) is 2.24. The lowest BCUT2D eigenvalue weighted by Gasteiger charge is -2.20. The van der Waals surface area contributed by atoms with Gasteiger partial charge in [0.15, 0.2) is 0 Å². The highest BCUT2D eigenvalue weighted by molar-refractivity contribution is 6.42. The first-order valence-corrected chi connectivity index (χ1v) is 8.13. The summed E-state index contributed by atoms with van der Waals surface area (Å²) < 4.78 is 0. The van der Waals surface area contributed by atoms with Crippen LogP contribution in [-0.2, 0) is 6.42 Å². The van der Waals surface area contributed by atoms with Crippen LogP contribution in [0.1, 0.15) is 28.5 Å². The van der Waals surface area contributed by atoms with Gasteiger partial charge in [0.2, 0.25) is 0 Å². The molecule has 4 rings (SSSR count). The average Bonchev–Trinajstić information content (AvgIpc) is 3.00. The molecule has 0 N–H and O–H groups in total. The van der Waals surface area contributed by atoms with Crippen molar-refractivity contribution in [1.29, 1.82) is 0 Å². The minimum absolute atomic E-state index is 0.499. The van der Waals surface area contributed by atoms with Gasteiger partial charge in [-0.05, 0) is 42.3 Å². The van der Waals surface area contributed by atoms with E-state index in [1.54, 1.807) is 0 Å². The van der Waals surface area contributed by atoms with E-state index in [0.29, 0.717) is 27.9 Å². The van der Waals surface area contributed by atoms with E-state index < -0.39 is 0 Å². The molecule has 2 aliphatic rings. The van der Waals surface area contributed by atoms with E-state index in [4.69, 9.17) is 23.2 Å². The monoisotopic (exact) mass is 317 g/mol. The number of hydrogen-bond donors (Lipinski definition) is 0. The Morgan fingerprint density at radius 2 is 1.86 bits per heavy atom. The summed E-state index contributed by atoms with van der Waals surface area (Å²) in [6, 6.07) is 15.6. The molecular weight excluding hydrogens is 301 g/mol. The molecule has 0 amide bonds. The summed E-state index contributed by atoms with van der Waals surface area (Å²) in [6.07, 6.45) is 1.16. The van der Waals surface area contributed by atoms with Crippen LogP contribution in [0.2, 0.25) is 10.0 Å². The SMILES string of the molecule is CN1CC(c2ccc(Cl)c(Cl)c2)C2c3ccccc3CC21. The Bertz CT molecular complexity index is 697. The summed E-state index contributed by atoms with van der Waals surface area (Å²) in [4.78, 5) is 2.50. The van der Waals surface area contributed by atoms with Crippen LogP contribution in [0.25, 0.3) is 0 Å². The molecule has 0 aromatic heterocycles. The molecule has 1 nitrogen and oxygen atoms in total. The van der Waals surface area contributed by atoms with Crippen LogP contribution in [0.3, 0.4) is 0 Å². The Kier molecular flexibility index (Phi) is 3.25. The molecule has 1 heterocycles. The summed E-state index contributed by atoms with van der Waals surface area (Å²) in [5.41, 5.74) is 4.33. The van der Waals surface area contributed by atoms with Gasteiger partial charge in [0.1, 0.15) is 0 Å². The fraction of sp³-hybridized carbons (Fsp3) is 0.333. The van der Waals surface area contributed by atoms with Crippen LogP contribution in [0.4, 0.5) is 0 Å². The second kappa shape index (κ2) is 5.01.